The summed E-state index contributed by atoms with van der Waals surface area (Å²) in [7, 11) is 3.93. The van der Waals surface area contributed by atoms with Gasteiger partial charge in [0.25, 0.3) is 11.8 Å². The molecule has 0 radical (unpaired) electrons. The zero-order chi connectivity index (χ0) is 24.7. The summed E-state index contributed by atoms with van der Waals surface area (Å²) in [5.74, 6) is -0.0640. The Kier molecular flexibility index (Phi) is 5.86. The molecule has 4 aromatic rings. The quantitative estimate of drug-likeness (QED) is 0.137. The van der Waals surface area contributed by atoms with Gasteiger partial charge < -0.3 is 20.2 Å². The summed E-state index contributed by atoms with van der Waals surface area (Å²) < 4.78 is 2.12. The van der Waals surface area contributed by atoms with E-state index < -0.39 is 11.8 Å². The third-order valence-electron chi connectivity index (χ3n) is 6.23. The van der Waals surface area contributed by atoms with Gasteiger partial charge in [-0.15, -0.1) is 0 Å². The molecule has 0 saturated carbocycles. The van der Waals surface area contributed by atoms with Crippen LogP contribution in [0.4, 0.5) is 5.69 Å². The summed E-state index contributed by atoms with van der Waals surface area (Å²) in [4.78, 5) is 31.6. The van der Waals surface area contributed by atoms with Crippen LogP contribution in [0.5, 0.6) is 0 Å². The molecule has 2 aromatic heterocycles. The number of carbonyl (C=O) groups excluding carboxylic acids is 2. The number of fused-ring (bicyclic) bond motifs is 2. The number of anilines is 1. The first-order valence-corrected chi connectivity index (χ1v) is 12.3. The average Bonchev–Trinajstić information content (AvgIpc) is 3.49. The molecule has 0 aliphatic carbocycles. The normalized spacial score (nSPS) is 13.8. The van der Waals surface area contributed by atoms with Gasteiger partial charge in [0.2, 0.25) is 0 Å². The van der Waals surface area contributed by atoms with Crippen molar-refractivity contribution in [3.63, 3.8) is 0 Å². The largest absolute Gasteiger partial charge is 0.379 e. The lowest BCUT2D eigenvalue weighted by Crippen LogP contribution is -2.22. The average molecular weight is 487 g/mol. The van der Waals surface area contributed by atoms with E-state index in [1.165, 1.54) is 11.8 Å². The highest BCUT2D eigenvalue weighted by Crippen LogP contribution is 2.41. The van der Waals surface area contributed by atoms with Gasteiger partial charge in [-0.05, 0) is 24.6 Å². The minimum atomic E-state index is -0.393. The molecule has 5 N–H and O–H groups in total. The van der Waals surface area contributed by atoms with Crippen LogP contribution in [0, 0.1) is 5.41 Å². The lowest BCUT2D eigenvalue weighted by Gasteiger charge is -2.15. The minimum Gasteiger partial charge on any atom is -0.379 e. The Bertz CT molecular complexity index is 1530. The molecule has 178 valence electrons. The molecule has 1 aliphatic heterocycles. The van der Waals surface area contributed by atoms with Crippen LogP contribution in [-0.2, 0) is 16.1 Å². The summed E-state index contributed by atoms with van der Waals surface area (Å²) in [6.07, 6.45) is 4.57. The van der Waals surface area contributed by atoms with Gasteiger partial charge in [0, 0.05) is 71.9 Å². The van der Waals surface area contributed by atoms with Crippen molar-refractivity contribution in [2.24, 2.45) is 5.73 Å². The van der Waals surface area contributed by atoms with E-state index in [9.17, 15) is 9.59 Å². The van der Waals surface area contributed by atoms with Gasteiger partial charge in [-0.25, -0.2) is 0 Å². The molecule has 2 aromatic carbocycles. The number of aromatic nitrogens is 2. The number of para-hydroxylation sites is 1. The fourth-order valence-corrected chi connectivity index (χ4v) is 5.24. The number of aryl methyl sites for hydroxylation is 1. The van der Waals surface area contributed by atoms with Gasteiger partial charge in [-0.2, -0.15) is 0 Å². The van der Waals surface area contributed by atoms with Crippen molar-refractivity contribution in [2.75, 3.05) is 24.7 Å². The fourth-order valence-electron chi connectivity index (χ4n) is 4.75. The van der Waals surface area contributed by atoms with E-state index >= 15 is 0 Å². The van der Waals surface area contributed by atoms with E-state index in [2.05, 4.69) is 14.9 Å². The molecule has 35 heavy (non-hydrogen) atoms. The molecule has 0 spiro atoms. The predicted octanol–water partition coefficient (Wildman–Crippen LogP) is 3.77. The highest BCUT2D eigenvalue weighted by atomic mass is 32.2. The molecule has 8 nitrogen and oxygen atoms in total. The van der Waals surface area contributed by atoms with Crippen LogP contribution in [0.3, 0.4) is 0 Å². The fraction of sp³-hybridized carbons (Fsp3) is 0.192. The summed E-state index contributed by atoms with van der Waals surface area (Å²) in [5.41, 5.74) is 10.5. The van der Waals surface area contributed by atoms with Gasteiger partial charge in [0.05, 0.1) is 16.7 Å². The number of rotatable bonds is 7. The number of H-pyrrole nitrogens is 1. The summed E-state index contributed by atoms with van der Waals surface area (Å²) >= 11 is 1.31. The van der Waals surface area contributed by atoms with Crippen LogP contribution in [0.15, 0.2) is 54.9 Å². The molecular weight excluding hydrogens is 460 g/mol. The van der Waals surface area contributed by atoms with E-state index in [1.807, 2.05) is 67.7 Å². The van der Waals surface area contributed by atoms with Gasteiger partial charge in [0.15, 0.2) is 5.17 Å². The summed E-state index contributed by atoms with van der Waals surface area (Å²) in [6.45, 7) is 0.693. The molecule has 0 saturated heterocycles. The first-order chi connectivity index (χ1) is 16.9. The monoisotopic (exact) mass is 486 g/mol. The number of amides is 2. The van der Waals surface area contributed by atoms with Crippen LogP contribution >= 0.6 is 11.8 Å². The molecule has 1 aliphatic rings. The highest BCUT2D eigenvalue weighted by Gasteiger charge is 2.35. The van der Waals surface area contributed by atoms with Crippen LogP contribution < -0.4 is 16.0 Å². The number of thioether (sulfide) groups is 1. The summed E-state index contributed by atoms with van der Waals surface area (Å²) in [5, 5.41) is 11.9. The molecule has 2 amide bonds. The van der Waals surface area contributed by atoms with Crippen molar-refractivity contribution in [1.82, 2.24) is 14.9 Å². The van der Waals surface area contributed by atoms with Crippen molar-refractivity contribution in [3.05, 3.63) is 66.0 Å². The van der Waals surface area contributed by atoms with E-state index in [4.69, 9.17) is 11.1 Å². The number of nitrogens with one attached hydrogen (secondary N) is 3. The summed E-state index contributed by atoms with van der Waals surface area (Å²) in [6, 6.07) is 13.8. The molecular formula is C26H26N6O2S. The van der Waals surface area contributed by atoms with E-state index in [-0.39, 0.29) is 5.17 Å². The SMILES string of the molecule is CN(C)c1cccc2c1c(C1=C(c3c[nH]c4ccccc34)C(=O)NC1=O)cn2CCCSC(=N)N. The Labute approximate surface area is 206 Å². The first-order valence-electron chi connectivity index (χ1n) is 11.3. The van der Waals surface area contributed by atoms with E-state index in [1.54, 1.807) is 6.20 Å². The molecule has 0 atom stereocenters. The lowest BCUT2D eigenvalue weighted by molar-refractivity contribution is -0.122. The highest BCUT2D eigenvalue weighted by molar-refractivity contribution is 8.13. The predicted molar refractivity (Wildman–Crippen MR) is 144 cm³/mol. The molecule has 9 heteroatoms. The maximum atomic E-state index is 13.2. The second-order valence-electron chi connectivity index (χ2n) is 8.65. The minimum absolute atomic E-state index is 0.104. The standard InChI is InChI=1S/C26H26N6O2S/c1-31(2)19-9-5-10-20-21(19)17(14-32(20)11-6-12-35-26(27)28)23-22(24(33)30-25(23)34)16-13-29-18-8-4-3-7-15(16)18/h3-5,7-10,13-14,29H,6,11-12H2,1-2H3,(H3,27,28)(H,30,33,34). The number of nitrogens with zero attached hydrogens (tertiary/aromatic N) is 2. The number of hydrogen-bond donors (Lipinski definition) is 4. The maximum absolute atomic E-state index is 13.2. The topological polar surface area (TPSA) is 120 Å². The second kappa shape index (κ2) is 8.99. The third kappa shape index (κ3) is 3.97. The van der Waals surface area contributed by atoms with E-state index in [0.29, 0.717) is 23.3 Å². The number of hydrogen-bond acceptors (Lipinski definition) is 5. The Morgan fingerprint density at radius 3 is 2.54 bits per heavy atom. The molecule has 0 fully saturated rings. The number of benzene rings is 2. The Hall–Kier alpha value is -3.98. The van der Waals surface area contributed by atoms with Crippen molar-refractivity contribution in [3.8, 4) is 0 Å². The van der Waals surface area contributed by atoms with Crippen molar-refractivity contribution in [1.29, 1.82) is 5.41 Å². The lowest BCUT2D eigenvalue weighted by atomic mass is 9.95. The third-order valence-corrected chi connectivity index (χ3v) is 7.03. The van der Waals surface area contributed by atoms with Crippen LogP contribution in [0.1, 0.15) is 17.5 Å². The van der Waals surface area contributed by atoms with E-state index in [0.717, 1.165) is 45.2 Å². The number of aromatic amines is 1. The zero-order valence-electron chi connectivity index (χ0n) is 19.5. The number of imide groups is 1. The number of amidine groups is 1. The van der Waals surface area contributed by atoms with Gasteiger partial charge in [0.1, 0.15) is 0 Å². The van der Waals surface area contributed by atoms with Crippen molar-refractivity contribution < 1.29 is 9.59 Å². The van der Waals surface area contributed by atoms with Crippen LogP contribution in [0.25, 0.3) is 33.0 Å². The van der Waals surface area contributed by atoms with Gasteiger partial charge >= 0.3 is 0 Å². The molecule has 5 rings (SSSR count). The van der Waals surface area contributed by atoms with Crippen LogP contribution in [0.2, 0.25) is 0 Å². The first kappa shape index (κ1) is 22.8. The van der Waals surface area contributed by atoms with Crippen molar-refractivity contribution >= 4 is 67.4 Å². The second-order valence-corrected chi connectivity index (χ2v) is 9.79. The Morgan fingerprint density at radius 2 is 1.80 bits per heavy atom. The molecule has 0 unspecified atom stereocenters. The van der Waals surface area contributed by atoms with Gasteiger partial charge in [-0.3, -0.25) is 20.3 Å². The zero-order valence-corrected chi connectivity index (χ0v) is 20.3. The Balaban J connectivity index is 1.73. The van der Waals surface area contributed by atoms with Crippen molar-refractivity contribution in [2.45, 2.75) is 13.0 Å². The molecule has 0 bridgehead atoms. The number of carbonyl (C=O) groups is 2. The van der Waals surface area contributed by atoms with Gasteiger partial charge in [-0.1, -0.05) is 36.0 Å². The smallest absolute Gasteiger partial charge is 0.259 e. The van der Waals surface area contributed by atoms with Crippen LogP contribution in [-0.4, -0.2) is 46.4 Å². The Morgan fingerprint density at radius 1 is 1.06 bits per heavy atom. The number of nitrogens with two attached hydrogens (primary N) is 1. The maximum Gasteiger partial charge on any atom is 0.259 e. The molecule has 3 heterocycles.